The molecular weight excluding hydrogens is 198 g/mol. The maximum Gasteiger partial charge on any atom is 0.255 e. The van der Waals surface area contributed by atoms with Crippen LogP contribution in [0.3, 0.4) is 0 Å². The molecule has 0 aromatic rings. The molecule has 6 heteroatoms. The van der Waals surface area contributed by atoms with Crippen LogP contribution in [-0.2, 0) is 14.3 Å². The zero-order valence-electron chi connectivity index (χ0n) is 8.57. The largest absolute Gasteiger partial charge is 0.379 e. The van der Waals surface area contributed by atoms with Gasteiger partial charge < -0.3 is 4.74 Å². The highest BCUT2D eigenvalue weighted by atomic mass is 16.5. The van der Waals surface area contributed by atoms with Gasteiger partial charge in [0.05, 0.1) is 26.3 Å². The number of amides is 2. The average Bonchev–Trinajstić information content (AvgIpc) is 2.66. The van der Waals surface area contributed by atoms with Gasteiger partial charge in [0.15, 0.2) is 0 Å². The van der Waals surface area contributed by atoms with Crippen LogP contribution in [0.5, 0.6) is 0 Å². The summed E-state index contributed by atoms with van der Waals surface area (Å²) in [5.41, 5.74) is 2.53. The van der Waals surface area contributed by atoms with E-state index in [-0.39, 0.29) is 11.8 Å². The van der Waals surface area contributed by atoms with E-state index in [2.05, 4.69) is 5.43 Å². The smallest absolute Gasteiger partial charge is 0.255 e. The summed E-state index contributed by atoms with van der Waals surface area (Å²) in [7, 11) is 0. The van der Waals surface area contributed by atoms with Crippen LogP contribution in [0.15, 0.2) is 0 Å². The summed E-state index contributed by atoms with van der Waals surface area (Å²) in [6.45, 7) is 3.78. The predicted molar refractivity (Wildman–Crippen MR) is 51.7 cm³/mol. The van der Waals surface area contributed by atoms with Crippen molar-refractivity contribution in [2.24, 2.45) is 0 Å². The Morgan fingerprint density at radius 3 is 2.67 bits per heavy atom. The first-order chi connectivity index (χ1) is 7.25. The van der Waals surface area contributed by atoms with Crippen LogP contribution in [0, 0.1) is 0 Å². The molecule has 0 spiro atoms. The fourth-order valence-corrected chi connectivity index (χ4v) is 1.70. The van der Waals surface area contributed by atoms with Crippen molar-refractivity contribution < 1.29 is 14.3 Å². The summed E-state index contributed by atoms with van der Waals surface area (Å²) in [6.07, 6.45) is 0.412. The van der Waals surface area contributed by atoms with Gasteiger partial charge in [0.25, 0.3) is 5.91 Å². The van der Waals surface area contributed by atoms with Crippen molar-refractivity contribution in [3.63, 3.8) is 0 Å². The number of morpholine rings is 1. The minimum atomic E-state index is -0.0784. The Labute approximate surface area is 88.1 Å². The van der Waals surface area contributed by atoms with Crippen LogP contribution in [0.2, 0.25) is 0 Å². The molecule has 84 valence electrons. The zero-order chi connectivity index (χ0) is 10.7. The molecule has 2 rings (SSSR count). The molecule has 0 aromatic carbocycles. The molecule has 0 atom stereocenters. The topological polar surface area (TPSA) is 61.9 Å². The van der Waals surface area contributed by atoms with E-state index in [1.54, 1.807) is 0 Å². The van der Waals surface area contributed by atoms with E-state index in [0.29, 0.717) is 32.7 Å². The predicted octanol–water partition coefficient (Wildman–Crippen LogP) is -1.42. The number of hydrazine groups is 1. The fourth-order valence-electron chi connectivity index (χ4n) is 1.70. The van der Waals surface area contributed by atoms with E-state index in [1.807, 2.05) is 4.90 Å². The molecule has 1 N–H and O–H groups in total. The molecule has 2 aliphatic heterocycles. The number of nitrogens with zero attached hydrogens (tertiary/aromatic N) is 2. The third-order valence-electron chi connectivity index (χ3n) is 2.59. The van der Waals surface area contributed by atoms with Crippen LogP contribution >= 0.6 is 0 Å². The second kappa shape index (κ2) is 4.59. The number of carbonyl (C=O) groups excluding carboxylic acids is 2. The summed E-state index contributed by atoms with van der Waals surface area (Å²) < 4.78 is 5.19. The Hall–Kier alpha value is -1.14. The molecule has 6 nitrogen and oxygen atoms in total. The Morgan fingerprint density at radius 2 is 2.07 bits per heavy atom. The molecule has 2 saturated heterocycles. The van der Waals surface area contributed by atoms with Crippen LogP contribution in [0.1, 0.15) is 6.42 Å². The van der Waals surface area contributed by atoms with E-state index in [0.717, 1.165) is 13.1 Å². The Kier molecular flexibility index (Phi) is 3.17. The van der Waals surface area contributed by atoms with Crippen LogP contribution < -0.4 is 5.43 Å². The number of hydrogen-bond acceptors (Lipinski definition) is 4. The van der Waals surface area contributed by atoms with Crippen molar-refractivity contribution in [1.82, 2.24) is 15.3 Å². The van der Waals surface area contributed by atoms with Crippen molar-refractivity contribution in [2.75, 3.05) is 39.4 Å². The van der Waals surface area contributed by atoms with Gasteiger partial charge >= 0.3 is 0 Å². The molecule has 2 heterocycles. The molecule has 0 aromatic heterocycles. The lowest BCUT2D eigenvalue weighted by Crippen LogP contribution is -2.47. The number of rotatable bonds is 2. The van der Waals surface area contributed by atoms with Gasteiger partial charge in [-0.3, -0.25) is 24.9 Å². The maximum absolute atomic E-state index is 11.7. The van der Waals surface area contributed by atoms with Crippen molar-refractivity contribution >= 4 is 11.8 Å². The first kappa shape index (κ1) is 10.4. The minimum Gasteiger partial charge on any atom is -0.379 e. The Bertz CT molecular complexity index is 263. The summed E-state index contributed by atoms with van der Waals surface area (Å²) in [6, 6.07) is 0. The third-order valence-corrected chi connectivity index (χ3v) is 2.59. The highest BCUT2D eigenvalue weighted by molar-refractivity contribution is 5.86. The van der Waals surface area contributed by atoms with Crippen LogP contribution in [-0.4, -0.2) is 61.1 Å². The van der Waals surface area contributed by atoms with Crippen LogP contribution in [0.25, 0.3) is 0 Å². The second-order valence-electron chi connectivity index (χ2n) is 3.72. The third kappa shape index (κ3) is 2.66. The SMILES string of the molecule is O=C1CCN(C(=O)CN2CCOCC2)N1. The lowest BCUT2D eigenvalue weighted by atomic mass is 10.4. The van der Waals surface area contributed by atoms with Gasteiger partial charge in [0, 0.05) is 19.5 Å². The quantitative estimate of drug-likeness (QED) is 0.611. The second-order valence-corrected chi connectivity index (χ2v) is 3.72. The van der Waals surface area contributed by atoms with Gasteiger partial charge in [0.1, 0.15) is 0 Å². The summed E-state index contributed by atoms with van der Waals surface area (Å²) in [5, 5.41) is 1.40. The molecular formula is C9H15N3O3. The number of carbonyl (C=O) groups is 2. The van der Waals surface area contributed by atoms with Gasteiger partial charge in [-0.2, -0.15) is 0 Å². The highest BCUT2D eigenvalue weighted by Crippen LogP contribution is 2.02. The number of hydrogen-bond donors (Lipinski definition) is 1. The number of ether oxygens (including phenoxy) is 1. The summed E-state index contributed by atoms with van der Waals surface area (Å²) in [5.74, 6) is -0.118. The molecule has 15 heavy (non-hydrogen) atoms. The van der Waals surface area contributed by atoms with E-state index in [4.69, 9.17) is 4.74 Å². The fraction of sp³-hybridized carbons (Fsp3) is 0.778. The van der Waals surface area contributed by atoms with Crippen molar-refractivity contribution in [1.29, 1.82) is 0 Å². The van der Waals surface area contributed by atoms with E-state index >= 15 is 0 Å². The molecule has 2 aliphatic rings. The lowest BCUT2D eigenvalue weighted by molar-refractivity contribution is -0.138. The molecule has 0 unspecified atom stereocenters. The normalized spacial score (nSPS) is 22.9. The van der Waals surface area contributed by atoms with Gasteiger partial charge in [-0.05, 0) is 0 Å². The molecule has 0 bridgehead atoms. The maximum atomic E-state index is 11.7. The van der Waals surface area contributed by atoms with Crippen LogP contribution in [0.4, 0.5) is 0 Å². The van der Waals surface area contributed by atoms with E-state index < -0.39 is 0 Å². The van der Waals surface area contributed by atoms with Gasteiger partial charge in [0.2, 0.25) is 5.91 Å². The van der Waals surface area contributed by atoms with E-state index in [1.165, 1.54) is 5.01 Å². The standard InChI is InChI=1S/C9H15N3O3/c13-8-1-2-12(10-8)9(14)7-11-3-5-15-6-4-11/h1-7H2,(H,10,13). The Balaban J connectivity index is 1.78. The lowest BCUT2D eigenvalue weighted by Gasteiger charge is -2.27. The van der Waals surface area contributed by atoms with Gasteiger partial charge in [-0.1, -0.05) is 0 Å². The molecule has 2 amide bonds. The van der Waals surface area contributed by atoms with Crippen molar-refractivity contribution in [3.05, 3.63) is 0 Å². The van der Waals surface area contributed by atoms with Crippen molar-refractivity contribution in [3.8, 4) is 0 Å². The van der Waals surface area contributed by atoms with E-state index in [9.17, 15) is 9.59 Å². The molecule has 0 radical (unpaired) electrons. The minimum absolute atomic E-state index is 0.0391. The highest BCUT2D eigenvalue weighted by Gasteiger charge is 2.25. The molecule has 2 fully saturated rings. The van der Waals surface area contributed by atoms with Gasteiger partial charge in [-0.15, -0.1) is 0 Å². The first-order valence-electron chi connectivity index (χ1n) is 5.15. The van der Waals surface area contributed by atoms with Gasteiger partial charge in [-0.25, -0.2) is 0 Å². The molecule has 0 aliphatic carbocycles. The Morgan fingerprint density at radius 1 is 1.33 bits per heavy atom. The first-order valence-corrected chi connectivity index (χ1v) is 5.15. The monoisotopic (exact) mass is 213 g/mol. The van der Waals surface area contributed by atoms with Crippen molar-refractivity contribution in [2.45, 2.75) is 6.42 Å². The average molecular weight is 213 g/mol. The summed E-state index contributed by atoms with van der Waals surface area (Å²) in [4.78, 5) is 24.6. The zero-order valence-corrected chi connectivity index (χ0v) is 8.57. The number of nitrogens with one attached hydrogen (secondary N) is 1. The molecule has 0 saturated carbocycles. The summed E-state index contributed by atoms with van der Waals surface area (Å²) >= 11 is 0.